The van der Waals surface area contributed by atoms with E-state index in [-0.39, 0.29) is 16.2 Å². The molecule has 2 aliphatic heterocycles. The SMILES string of the molecule is CN1C2CCC1CN(C(=O)c1cc(Cl)nnc1Cl)CC2. The van der Waals surface area contributed by atoms with Crippen LogP contribution < -0.4 is 0 Å². The molecule has 0 aliphatic carbocycles. The lowest BCUT2D eigenvalue weighted by atomic mass is 10.1. The molecular weight excluding hydrogens is 299 g/mol. The van der Waals surface area contributed by atoms with Crippen molar-refractivity contribution in [2.45, 2.75) is 31.3 Å². The third-order valence-electron chi connectivity index (χ3n) is 4.39. The predicted molar refractivity (Wildman–Crippen MR) is 77.1 cm³/mol. The molecule has 0 N–H and O–H groups in total. The van der Waals surface area contributed by atoms with E-state index in [9.17, 15) is 4.79 Å². The Kier molecular flexibility index (Phi) is 3.84. The Labute approximate surface area is 127 Å². The van der Waals surface area contributed by atoms with E-state index in [1.54, 1.807) is 0 Å². The molecule has 108 valence electrons. The van der Waals surface area contributed by atoms with Crippen LogP contribution in [0.4, 0.5) is 0 Å². The zero-order valence-electron chi connectivity index (χ0n) is 11.2. The molecule has 7 heteroatoms. The smallest absolute Gasteiger partial charge is 0.257 e. The van der Waals surface area contributed by atoms with Crippen molar-refractivity contribution in [2.24, 2.45) is 0 Å². The third-order valence-corrected chi connectivity index (χ3v) is 4.85. The summed E-state index contributed by atoms with van der Waals surface area (Å²) in [6, 6.07) is 2.52. The molecule has 3 heterocycles. The Balaban J connectivity index is 1.82. The second-order valence-corrected chi connectivity index (χ2v) is 6.21. The summed E-state index contributed by atoms with van der Waals surface area (Å²) in [4.78, 5) is 16.9. The van der Waals surface area contributed by atoms with Crippen LogP contribution >= 0.6 is 23.2 Å². The number of fused-ring (bicyclic) bond motifs is 2. The number of halogens is 2. The van der Waals surface area contributed by atoms with Crippen molar-refractivity contribution < 1.29 is 4.79 Å². The van der Waals surface area contributed by atoms with Gasteiger partial charge in [-0.25, -0.2) is 0 Å². The lowest BCUT2D eigenvalue weighted by molar-refractivity contribution is 0.0740. The van der Waals surface area contributed by atoms with Gasteiger partial charge in [-0.2, -0.15) is 0 Å². The molecule has 2 saturated heterocycles. The molecule has 0 radical (unpaired) electrons. The lowest BCUT2D eigenvalue weighted by Crippen LogP contribution is -2.39. The predicted octanol–water partition coefficient (Wildman–Crippen LogP) is 2.09. The van der Waals surface area contributed by atoms with Crippen LogP contribution in [0.5, 0.6) is 0 Å². The largest absolute Gasteiger partial charge is 0.337 e. The minimum atomic E-state index is -0.104. The molecule has 2 unspecified atom stereocenters. The Morgan fingerprint density at radius 1 is 1.25 bits per heavy atom. The van der Waals surface area contributed by atoms with Crippen molar-refractivity contribution in [2.75, 3.05) is 20.1 Å². The molecule has 3 rings (SSSR count). The van der Waals surface area contributed by atoms with Crippen molar-refractivity contribution in [3.63, 3.8) is 0 Å². The lowest BCUT2D eigenvalue weighted by Gasteiger charge is -2.26. The van der Waals surface area contributed by atoms with Gasteiger partial charge in [0.05, 0.1) is 5.56 Å². The van der Waals surface area contributed by atoms with Crippen LogP contribution in [0.25, 0.3) is 0 Å². The quantitative estimate of drug-likeness (QED) is 0.796. The van der Waals surface area contributed by atoms with E-state index >= 15 is 0 Å². The maximum absolute atomic E-state index is 12.6. The number of likely N-dealkylation sites (N-methyl/N-ethyl adjacent to an activating group) is 1. The van der Waals surface area contributed by atoms with Gasteiger partial charge in [-0.1, -0.05) is 23.2 Å². The zero-order chi connectivity index (χ0) is 14.3. The van der Waals surface area contributed by atoms with Gasteiger partial charge in [0.15, 0.2) is 10.3 Å². The molecule has 2 atom stereocenters. The number of nitrogens with zero attached hydrogens (tertiary/aromatic N) is 4. The number of carbonyl (C=O) groups is 1. The number of hydrogen-bond acceptors (Lipinski definition) is 4. The average Bonchev–Trinajstić information content (AvgIpc) is 2.65. The Morgan fingerprint density at radius 3 is 2.80 bits per heavy atom. The van der Waals surface area contributed by atoms with E-state index in [1.165, 1.54) is 12.5 Å². The van der Waals surface area contributed by atoms with Crippen LogP contribution in [0.2, 0.25) is 10.3 Å². The van der Waals surface area contributed by atoms with Gasteiger partial charge in [0, 0.05) is 25.2 Å². The number of aromatic nitrogens is 2. The first-order valence-corrected chi connectivity index (χ1v) is 7.52. The topological polar surface area (TPSA) is 49.3 Å². The maximum atomic E-state index is 12.6. The molecule has 20 heavy (non-hydrogen) atoms. The van der Waals surface area contributed by atoms with Crippen molar-refractivity contribution >= 4 is 29.1 Å². The summed E-state index contributed by atoms with van der Waals surface area (Å²) in [5.41, 5.74) is 0.340. The highest BCUT2D eigenvalue weighted by Gasteiger charge is 2.36. The van der Waals surface area contributed by atoms with Crippen LogP contribution in [0, 0.1) is 0 Å². The first-order chi connectivity index (χ1) is 9.56. The number of hydrogen-bond donors (Lipinski definition) is 0. The first kappa shape index (κ1) is 14.0. The summed E-state index contributed by atoms with van der Waals surface area (Å²) >= 11 is 11.8. The van der Waals surface area contributed by atoms with Crippen LogP contribution in [0.1, 0.15) is 29.6 Å². The molecule has 1 amide bonds. The van der Waals surface area contributed by atoms with E-state index in [0.717, 1.165) is 25.9 Å². The van der Waals surface area contributed by atoms with Crippen molar-refractivity contribution in [3.8, 4) is 0 Å². The van der Waals surface area contributed by atoms with Crippen LogP contribution in [-0.2, 0) is 0 Å². The van der Waals surface area contributed by atoms with Gasteiger partial charge in [0.2, 0.25) is 0 Å². The Hall–Kier alpha value is -0.910. The van der Waals surface area contributed by atoms with E-state index in [4.69, 9.17) is 23.2 Å². The highest BCUT2D eigenvalue weighted by molar-refractivity contribution is 6.34. The molecule has 0 spiro atoms. The number of amides is 1. The molecule has 2 fully saturated rings. The number of carbonyl (C=O) groups excluding carboxylic acids is 1. The molecule has 5 nitrogen and oxygen atoms in total. The molecule has 1 aromatic rings. The van der Waals surface area contributed by atoms with Gasteiger partial charge in [-0.05, 0) is 32.4 Å². The van der Waals surface area contributed by atoms with Gasteiger partial charge in [0.25, 0.3) is 5.91 Å². The summed E-state index contributed by atoms with van der Waals surface area (Å²) < 4.78 is 0. The molecule has 2 bridgehead atoms. The molecule has 0 aromatic carbocycles. The summed E-state index contributed by atoms with van der Waals surface area (Å²) in [5, 5.41) is 7.65. The molecular formula is C13H16Cl2N4O. The van der Waals surface area contributed by atoms with Crippen molar-refractivity contribution in [3.05, 3.63) is 21.9 Å². The van der Waals surface area contributed by atoms with E-state index in [2.05, 4.69) is 22.1 Å². The maximum Gasteiger partial charge on any atom is 0.257 e. The van der Waals surface area contributed by atoms with Crippen LogP contribution in [0.15, 0.2) is 6.07 Å². The summed E-state index contributed by atoms with van der Waals surface area (Å²) in [5.74, 6) is -0.104. The minimum Gasteiger partial charge on any atom is -0.337 e. The Morgan fingerprint density at radius 2 is 2.00 bits per heavy atom. The highest BCUT2D eigenvalue weighted by atomic mass is 35.5. The zero-order valence-corrected chi connectivity index (χ0v) is 12.7. The average molecular weight is 315 g/mol. The second kappa shape index (κ2) is 5.47. The van der Waals surface area contributed by atoms with Crippen LogP contribution in [0.3, 0.4) is 0 Å². The van der Waals surface area contributed by atoms with Crippen molar-refractivity contribution in [1.29, 1.82) is 0 Å². The summed E-state index contributed by atoms with van der Waals surface area (Å²) in [7, 11) is 2.15. The molecule has 1 aromatic heterocycles. The molecule has 2 aliphatic rings. The Bertz CT molecular complexity index is 539. The van der Waals surface area contributed by atoms with Gasteiger partial charge in [0.1, 0.15) is 0 Å². The highest BCUT2D eigenvalue weighted by Crippen LogP contribution is 2.29. The molecule has 0 saturated carbocycles. The third kappa shape index (κ3) is 2.50. The van der Waals surface area contributed by atoms with E-state index < -0.39 is 0 Å². The fourth-order valence-electron chi connectivity index (χ4n) is 3.17. The van der Waals surface area contributed by atoms with Crippen LogP contribution in [-0.4, -0.2) is 58.1 Å². The van der Waals surface area contributed by atoms with Gasteiger partial charge in [-0.15, -0.1) is 10.2 Å². The van der Waals surface area contributed by atoms with Gasteiger partial charge >= 0.3 is 0 Å². The second-order valence-electron chi connectivity index (χ2n) is 5.46. The van der Waals surface area contributed by atoms with Crippen molar-refractivity contribution in [1.82, 2.24) is 20.0 Å². The number of likely N-dealkylation sites (tertiary alicyclic amines) is 1. The van der Waals surface area contributed by atoms with E-state index in [1.807, 2.05) is 4.90 Å². The minimum absolute atomic E-state index is 0.104. The van der Waals surface area contributed by atoms with Gasteiger partial charge in [-0.3, -0.25) is 9.69 Å². The van der Waals surface area contributed by atoms with E-state index in [0.29, 0.717) is 17.6 Å². The first-order valence-electron chi connectivity index (χ1n) is 6.76. The monoisotopic (exact) mass is 314 g/mol. The normalized spacial score (nSPS) is 26.6. The fourth-order valence-corrected chi connectivity index (χ4v) is 3.49. The standard InChI is InChI=1S/C13H16Cl2N4O/c1-18-8-2-3-9(18)7-19(5-4-8)13(20)10-6-11(14)16-17-12(10)15/h6,8-9H,2-5,7H2,1H3. The number of rotatable bonds is 1. The van der Waals surface area contributed by atoms with Gasteiger partial charge < -0.3 is 4.90 Å². The summed E-state index contributed by atoms with van der Waals surface area (Å²) in [6.45, 7) is 1.49. The fraction of sp³-hybridized carbons (Fsp3) is 0.615. The summed E-state index contributed by atoms with van der Waals surface area (Å²) in [6.07, 6.45) is 3.38.